The number of rotatable bonds is 6. The highest BCUT2D eigenvalue weighted by atomic mass is 16.5. The van der Waals surface area contributed by atoms with E-state index in [2.05, 4.69) is 24.1 Å². The number of hydrogen-bond acceptors (Lipinski definition) is 3. The molecule has 1 unspecified atom stereocenters. The molecule has 0 aromatic heterocycles. The molecule has 0 saturated carbocycles. The molecule has 1 aromatic carbocycles. The van der Waals surface area contributed by atoms with Crippen LogP contribution < -0.4 is 5.73 Å². The smallest absolute Gasteiger partial charge is 0.0506 e. The minimum atomic E-state index is 0.732. The van der Waals surface area contributed by atoms with E-state index >= 15 is 0 Å². The predicted molar refractivity (Wildman–Crippen MR) is 80.2 cm³/mol. The molecule has 0 amide bonds. The Hall–Kier alpha value is -1.06. The fourth-order valence-corrected chi connectivity index (χ4v) is 2.72. The maximum absolute atomic E-state index is 5.69. The van der Waals surface area contributed by atoms with Gasteiger partial charge in [-0.2, -0.15) is 0 Å². The molecule has 1 aromatic rings. The first-order valence-electron chi connectivity index (χ1n) is 7.35. The van der Waals surface area contributed by atoms with E-state index in [1.807, 2.05) is 12.1 Å². The quantitative estimate of drug-likeness (QED) is 0.801. The molecule has 19 heavy (non-hydrogen) atoms. The lowest BCUT2D eigenvalue weighted by Gasteiger charge is -2.27. The van der Waals surface area contributed by atoms with Crippen molar-refractivity contribution in [2.24, 2.45) is 5.92 Å². The normalized spacial score (nSPS) is 19.8. The third-order valence-corrected chi connectivity index (χ3v) is 3.81. The Balaban J connectivity index is 1.63. The van der Waals surface area contributed by atoms with Crippen molar-refractivity contribution < 1.29 is 4.74 Å². The van der Waals surface area contributed by atoms with Crippen molar-refractivity contribution in [2.45, 2.75) is 25.7 Å². The largest absolute Gasteiger partial charge is 0.399 e. The average Bonchev–Trinajstić information content (AvgIpc) is 2.42. The number of nitrogens with two attached hydrogens (primary N) is 1. The van der Waals surface area contributed by atoms with E-state index in [0.717, 1.165) is 37.8 Å². The second kappa shape index (κ2) is 7.51. The zero-order valence-electron chi connectivity index (χ0n) is 12.0. The van der Waals surface area contributed by atoms with Crippen molar-refractivity contribution in [3.05, 3.63) is 29.8 Å². The fraction of sp³-hybridized carbons (Fsp3) is 0.625. The highest BCUT2D eigenvalue weighted by Crippen LogP contribution is 2.15. The van der Waals surface area contributed by atoms with E-state index in [1.54, 1.807) is 0 Å². The van der Waals surface area contributed by atoms with Gasteiger partial charge in [-0.3, -0.25) is 0 Å². The number of benzene rings is 1. The van der Waals surface area contributed by atoms with E-state index in [0.29, 0.717) is 0 Å². The molecule has 0 bridgehead atoms. The van der Waals surface area contributed by atoms with Gasteiger partial charge in [-0.05, 0) is 62.9 Å². The molecule has 2 rings (SSSR count). The number of aryl methyl sites for hydroxylation is 1. The summed E-state index contributed by atoms with van der Waals surface area (Å²) in [5, 5.41) is 0. The summed E-state index contributed by atoms with van der Waals surface area (Å²) in [5.74, 6) is 0.732. The predicted octanol–water partition coefficient (Wildman–Crippen LogP) is 2.56. The molecule has 1 aliphatic rings. The minimum absolute atomic E-state index is 0.732. The van der Waals surface area contributed by atoms with Crippen LogP contribution in [0.4, 0.5) is 5.69 Å². The Morgan fingerprint density at radius 2 is 2.11 bits per heavy atom. The highest BCUT2D eigenvalue weighted by molar-refractivity contribution is 5.39. The second-order valence-corrected chi connectivity index (χ2v) is 5.69. The lowest BCUT2D eigenvalue weighted by molar-refractivity contribution is 0.0420. The molecule has 3 heteroatoms. The van der Waals surface area contributed by atoms with Crippen LogP contribution in [0.15, 0.2) is 24.3 Å². The molecule has 3 nitrogen and oxygen atoms in total. The van der Waals surface area contributed by atoms with Crippen LogP contribution in [0.5, 0.6) is 0 Å². The molecule has 1 saturated heterocycles. The minimum Gasteiger partial charge on any atom is -0.399 e. The van der Waals surface area contributed by atoms with Gasteiger partial charge in [-0.15, -0.1) is 0 Å². The molecular weight excluding hydrogens is 236 g/mol. The Morgan fingerprint density at radius 1 is 1.32 bits per heavy atom. The number of nitrogens with zero attached hydrogens (tertiary/aromatic N) is 1. The Morgan fingerprint density at radius 3 is 2.79 bits per heavy atom. The van der Waals surface area contributed by atoms with Gasteiger partial charge < -0.3 is 15.4 Å². The van der Waals surface area contributed by atoms with Gasteiger partial charge in [-0.1, -0.05) is 12.1 Å². The Bertz CT molecular complexity index is 358. The van der Waals surface area contributed by atoms with Crippen molar-refractivity contribution in [1.29, 1.82) is 0 Å². The van der Waals surface area contributed by atoms with E-state index in [-0.39, 0.29) is 0 Å². The van der Waals surface area contributed by atoms with Gasteiger partial charge in [0.25, 0.3) is 0 Å². The molecule has 1 atom stereocenters. The maximum atomic E-state index is 5.69. The first kappa shape index (κ1) is 14.4. The lowest BCUT2D eigenvalue weighted by Crippen LogP contribution is -2.31. The lowest BCUT2D eigenvalue weighted by atomic mass is 10.0. The number of anilines is 1. The van der Waals surface area contributed by atoms with Crippen LogP contribution in [0.25, 0.3) is 0 Å². The first-order valence-corrected chi connectivity index (χ1v) is 7.35. The average molecular weight is 262 g/mol. The second-order valence-electron chi connectivity index (χ2n) is 5.69. The van der Waals surface area contributed by atoms with Gasteiger partial charge >= 0.3 is 0 Å². The number of nitrogen functional groups attached to an aromatic ring is 1. The summed E-state index contributed by atoms with van der Waals surface area (Å²) >= 11 is 0. The first-order chi connectivity index (χ1) is 9.24. The Kier molecular flexibility index (Phi) is 5.67. The van der Waals surface area contributed by atoms with Gasteiger partial charge in [0.1, 0.15) is 0 Å². The van der Waals surface area contributed by atoms with Crippen molar-refractivity contribution in [1.82, 2.24) is 4.90 Å². The summed E-state index contributed by atoms with van der Waals surface area (Å²) in [5.41, 5.74) is 7.91. The van der Waals surface area contributed by atoms with E-state index in [4.69, 9.17) is 10.5 Å². The van der Waals surface area contributed by atoms with Crippen molar-refractivity contribution in [3.8, 4) is 0 Å². The number of hydrogen-bond donors (Lipinski definition) is 1. The molecule has 0 radical (unpaired) electrons. The zero-order chi connectivity index (χ0) is 13.5. The molecule has 1 heterocycles. The van der Waals surface area contributed by atoms with Crippen molar-refractivity contribution in [3.63, 3.8) is 0 Å². The summed E-state index contributed by atoms with van der Waals surface area (Å²) in [4.78, 5) is 2.44. The van der Waals surface area contributed by atoms with Crippen molar-refractivity contribution >= 4 is 5.69 Å². The topological polar surface area (TPSA) is 38.5 Å². The third-order valence-electron chi connectivity index (χ3n) is 3.81. The summed E-state index contributed by atoms with van der Waals surface area (Å²) in [7, 11) is 2.22. The van der Waals surface area contributed by atoms with E-state index in [1.165, 1.54) is 31.4 Å². The van der Waals surface area contributed by atoms with Gasteiger partial charge in [0.2, 0.25) is 0 Å². The summed E-state index contributed by atoms with van der Waals surface area (Å²) in [6.07, 6.45) is 4.88. The third kappa shape index (κ3) is 5.21. The summed E-state index contributed by atoms with van der Waals surface area (Å²) < 4.78 is 5.53. The molecule has 0 aliphatic carbocycles. The molecule has 1 fully saturated rings. The summed E-state index contributed by atoms with van der Waals surface area (Å²) in [6, 6.07) is 8.23. The van der Waals surface area contributed by atoms with Crippen LogP contribution in [0.1, 0.15) is 24.8 Å². The van der Waals surface area contributed by atoms with Crippen LogP contribution in [0.2, 0.25) is 0 Å². The van der Waals surface area contributed by atoms with Gasteiger partial charge in [-0.25, -0.2) is 0 Å². The monoisotopic (exact) mass is 262 g/mol. The molecule has 2 N–H and O–H groups in total. The van der Waals surface area contributed by atoms with Gasteiger partial charge in [0, 0.05) is 18.8 Å². The fourth-order valence-electron chi connectivity index (χ4n) is 2.72. The Labute approximate surface area is 116 Å². The van der Waals surface area contributed by atoms with Crippen LogP contribution >= 0.6 is 0 Å². The standard InChI is InChI=1S/C16H26N2O/c1-18(12-15-5-3-11-19-13-15)10-2-4-14-6-8-16(17)9-7-14/h6-9,15H,2-5,10-13,17H2,1H3. The van der Waals surface area contributed by atoms with Crippen molar-refractivity contribution in [2.75, 3.05) is 39.1 Å². The van der Waals surface area contributed by atoms with Crippen LogP contribution in [-0.4, -0.2) is 38.3 Å². The highest BCUT2D eigenvalue weighted by Gasteiger charge is 2.15. The van der Waals surface area contributed by atoms with Crippen LogP contribution in [0.3, 0.4) is 0 Å². The molecule has 0 spiro atoms. The number of ether oxygens (including phenoxy) is 1. The summed E-state index contributed by atoms with van der Waals surface area (Å²) in [6.45, 7) is 4.22. The molecular formula is C16H26N2O. The van der Waals surface area contributed by atoms with E-state index in [9.17, 15) is 0 Å². The van der Waals surface area contributed by atoms with Gasteiger partial charge in [0.15, 0.2) is 0 Å². The molecule has 1 aliphatic heterocycles. The van der Waals surface area contributed by atoms with Crippen LogP contribution in [0, 0.1) is 5.92 Å². The molecule has 106 valence electrons. The van der Waals surface area contributed by atoms with Crippen LogP contribution in [-0.2, 0) is 11.2 Å². The maximum Gasteiger partial charge on any atom is 0.0506 e. The van der Waals surface area contributed by atoms with E-state index < -0.39 is 0 Å². The SMILES string of the molecule is CN(CCCc1ccc(N)cc1)CC1CCCOC1. The zero-order valence-corrected chi connectivity index (χ0v) is 12.0. The van der Waals surface area contributed by atoms with Gasteiger partial charge in [0.05, 0.1) is 6.61 Å².